The van der Waals surface area contributed by atoms with Crippen LogP contribution in [0.5, 0.6) is 5.75 Å². The summed E-state index contributed by atoms with van der Waals surface area (Å²) >= 11 is 6.10. The SMILES string of the molecule is COC(=O)c1ccc(COc2ccc(C)cc2Cl)cc1. The summed E-state index contributed by atoms with van der Waals surface area (Å²) in [4.78, 5) is 11.3. The van der Waals surface area contributed by atoms with Crippen molar-refractivity contribution in [1.29, 1.82) is 0 Å². The minimum absolute atomic E-state index is 0.348. The highest BCUT2D eigenvalue weighted by molar-refractivity contribution is 6.32. The molecule has 0 unspecified atom stereocenters. The summed E-state index contributed by atoms with van der Waals surface area (Å²) in [6.45, 7) is 2.37. The molecule has 0 aliphatic carbocycles. The van der Waals surface area contributed by atoms with Crippen LogP contribution in [0.2, 0.25) is 5.02 Å². The highest BCUT2D eigenvalue weighted by atomic mass is 35.5. The highest BCUT2D eigenvalue weighted by Gasteiger charge is 2.05. The minimum atomic E-state index is -0.348. The second-order valence-electron chi connectivity index (χ2n) is 4.41. The Bertz CT molecular complexity index is 606. The molecule has 104 valence electrons. The molecule has 0 atom stereocenters. The molecule has 3 nitrogen and oxygen atoms in total. The molecular weight excluding hydrogens is 276 g/mol. The van der Waals surface area contributed by atoms with Gasteiger partial charge in [0.1, 0.15) is 12.4 Å². The molecule has 0 amide bonds. The Morgan fingerprint density at radius 3 is 2.45 bits per heavy atom. The predicted molar refractivity (Wildman–Crippen MR) is 78.3 cm³/mol. The summed E-state index contributed by atoms with van der Waals surface area (Å²) in [6, 6.07) is 12.7. The van der Waals surface area contributed by atoms with Crippen molar-refractivity contribution in [2.45, 2.75) is 13.5 Å². The number of carbonyl (C=O) groups is 1. The van der Waals surface area contributed by atoms with Crippen molar-refractivity contribution in [3.8, 4) is 5.75 Å². The standard InChI is InChI=1S/C16H15ClO3/c1-11-3-8-15(14(17)9-11)20-10-12-4-6-13(7-5-12)16(18)19-2/h3-9H,10H2,1-2H3. The van der Waals surface area contributed by atoms with Gasteiger partial charge in [-0.15, -0.1) is 0 Å². The molecule has 0 aliphatic rings. The van der Waals surface area contributed by atoms with Crippen molar-refractivity contribution in [1.82, 2.24) is 0 Å². The monoisotopic (exact) mass is 290 g/mol. The van der Waals surface area contributed by atoms with E-state index in [0.29, 0.717) is 22.9 Å². The summed E-state index contributed by atoms with van der Waals surface area (Å²) in [5.74, 6) is 0.299. The number of methoxy groups -OCH3 is 1. The van der Waals surface area contributed by atoms with Gasteiger partial charge in [-0.1, -0.05) is 29.8 Å². The van der Waals surface area contributed by atoms with Crippen molar-refractivity contribution in [3.63, 3.8) is 0 Å². The third-order valence-corrected chi connectivity index (χ3v) is 3.15. The third-order valence-electron chi connectivity index (χ3n) is 2.86. The number of rotatable bonds is 4. The first-order valence-electron chi connectivity index (χ1n) is 6.16. The van der Waals surface area contributed by atoms with E-state index in [1.807, 2.05) is 37.3 Å². The lowest BCUT2D eigenvalue weighted by Crippen LogP contribution is -2.02. The number of hydrogen-bond acceptors (Lipinski definition) is 3. The fourth-order valence-electron chi connectivity index (χ4n) is 1.74. The van der Waals surface area contributed by atoms with Crippen LogP contribution in [0.1, 0.15) is 21.5 Å². The summed E-state index contributed by atoms with van der Waals surface area (Å²) in [7, 11) is 1.36. The van der Waals surface area contributed by atoms with Gasteiger partial charge >= 0.3 is 5.97 Å². The van der Waals surface area contributed by atoms with E-state index >= 15 is 0 Å². The molecule has 0 bridgehead atoms. The largest absolute Gasteiger partial charge is 0.487 e. The lowest BCUT2D eigenvalue weighted by Gasteiger charge is -2.09. The number of hydrogen-bond donors (Lipinski definition) is 0. The molecule has 4 heteroatoms. The lowest BCUT2D eigenvalue weighted by atomic mass is 10.1. The summed E-state index contributed by atoms with van der Waals surface area (Å²) < 4.78 is 10.3. The number of esters is 1. The van der Waals surface area contributed by atoms with Crippen molar-refractivity contribution < 1.29 is 14.3 Å². The molecule has 0 saturated heterocycles. The maximum atomic E-state index is 11.3. The van der Waals surface area contributed by atoms with Crippen LogP contribution in [0.25, 0.3) is 0 Å². The van der Waals surface area contributed by atoms with Crippen molar-refractivity contribution in [3.05, 3.63) is 64.2 Å². The number of ether oxygens (including phenoxy) is 2. The van der Waals surface area contributed by atoms with Crippen LogP contribution in [0.15, 0.2) is 42.5 Å². The van der Waals surface area contributed by atoms with Crippen LogP contribution in [0, 0.1) is 6.92 Å². The first-order chi connectivity index (χ1) is 9.60. The normalized spacial score (nSPS) is 10.2. The molecule has 2 aromatic rings. The van der Waals surface area contributed by atoms with Gasteiger partial charge in [-0.05, 0) is 42.3 Å². The molecule has 0 spiro atoms. The Kier molecular flexibility index (Phi) is 4.64. The van der Waals surface area contributed by atoms with Gasteiger partial charge in [-0.25, -0.2) is 4.79 Å². The Morgan fingerprint density at radius 2 is 1.85 bits per heavy atom. The molecule has 0 aromatic heterocycles. The summed E-state index contributed by atoms with van der Waals surface area (Å²) in [5, 5.41) is 0.594. The van der Waals surface area contributed by atoms with E-state index in [2.05, 4.69) is 4.74 Å². The second-order valence-corrected chi connectivity index (χ2v) is 4.82. The second kappa shape index (κ2) is 6.44. The first kappa shape index (κ1) is 14.4. The van der Waals surface area contributed by atoms with E-state index in [9.17, 15) is 4.79 Å². The molecule has 20 heavy (non-hydrogen) atoms. The fourth-order valence-corrected chi connectivity index (χ4v) is 2.03. The van der Waals surface area contributed by atoms with Crippen LogP contribution in [-0.4, -0.2) is 13.1 Å². The average molecular weight is 291 g/mol. The molecule has 0 N–H and O–H groups in total. The van der Waals surface area contributed by atoms with Gasteiger partial charge in [0, 0.05) is 0 Å². The van der Waals surface area contributed by atoms with E-state index < -0.39 is 0 Å². The Hall–Kier alpha value is -2.00. The summed E-state index contributed by atoms with van der Waals surface area (Å²) in [6.07, 6.45) is 0. The number of halogens is 1. The minimum Gasteiger partial charge on any atom is -0.487 e. The zero-order valence-corrected chi connectivity index (χ0v) is 12.1. The molecule has 0 heterocycles. The van der Waals surface area contributed by atoms with Crippen LogP contribution in [0.4, 0.5) is 0 Å². The van der Waals surface area contributed by atoms with Gasteiger partial charge < -0.3 is 9.47 Å². The van der Waals surface area contributed by atoms with Crippen LogP contribution < -0.4 is 4.74 Å². The maximum absolute atomic E-state index is 11.3. The number of aryl methyl sites for hydroxylation is 1. The van der Waals surface area contributed by atoms with Crippen LogP contribution in [-0.2, 0) is 11.3 Å². The molecule has 0 aliphatic heterocycles. The molecule has 0 saturated carbocycles. The van der Waals surface area contributed by atoms with Gasteiger partial charge in [0.2, 0.25) is 0 Å². The van der Waals surface area contributed by atoms with E-state index in [0.717, 1.165) is 11.1 Å². The summed E-state index contributed by atoms with van der Waals surface area (Å²) in [5.41, 5.74) is 2.56. The van der Waals surface area contributed by atoms with E-state index in [1.165, 1.54) is 7.11 Å². The van der Waals surface area contributed by atoms with Crippen LogP contribution in [0.3, 0.4) is 0 Å². The molecule has 2 aromatic carbocycles. The van der Waals surface area contributed by atoms with Gasteiger partial charge in [-0.2, -0.15) is 0 Å². The van der Waals surface area contributed by atoms with Gasteiger partial charge in [0.05, 0.1) is 17.7 Å². The zero-order valence-electron chi connectivity index (χ0n) is 11.4. The molecule has 0 radical (unpaired) electrons. The smallest absolute Gasteiger partial charge is 0.337 e. The van der Waals surface area contributed by atoms with Gasteiger partial charge in [0.15, 0.2) is 0 Å². The van der Waals surface area contributed by atoms with Crippen molar-refractivity contribution >= 4 is 17.6 Å². The zero-order chi connectivity index (χ0) is 14.5. The van der Waals surface area contributed by atoms with E-state index in [-0.39, 0.29) is 5.97 Å². The quantitative estimate of drug-likeness (QED) is 0.798. The molecule has 0 fully saturated rings. The van der Waals surface area contributed by atoms with Crippen LogP contribution >= 0.6 is 11.6 Å². The predicted octanol–water partition coefficient (Wildman–Crippen LogP) is 4.01. The third kappa shape index (κ3) is 3.52. The van der Waals surface area contributed by atoms with Crippen molar-refractivity contribution in [2.75, 3.05) is 7.11 Å². The fraction of sp³-hybridized carbons (Fsp3) is 0.188. The number of benzene rings is 2. The van der Waals surface area contributed by atoms with Gasteiger partial charge in [-0.3, -0.25) is 0 Å². The Morgan fingerprint density at radius 1 is 1.15 bits per heavy atom. The highest BCUT2D eigenvalue weighted by Crippen LogP contribution is 2.26. The average Bonchev–Trinajstić information content (AvgIpc) is 2.46. The van der Waals surface area contributed by atoms with E-state index in [4.69, 9.17) is 16.3 Å². The molecule has 2 rings (SSSR count). The number of carbonyl (C=O) groups excluding carboxylic acids is 1. The van der Waals surface area contributed by atoms with E-state index in [1.54, 1.807) is 12.1 Å². The lowest BCUT2D eigenvalue weighted by molar-refractivity contribution is 0.0600. The van der Waals surface area contributed by atoms with Crippen molar-refractivity contribution in [2.24, 2.45) is 0 Å². The topological polar surface area (TPSA) is 35.5 Å². The molecular formula is C16H15ClO3. The Labute approximate surface area is 123 Å². The first-order valence-corrected chi connectivity index (χ1v) is 6.54. The maximum Gasteiger partial charge on any atom is 0.337 e. The Balaban J connectivity index is 2.02. The van der Waals surface area contributed by atoms with Gasteiger partial charge in [0.25, 0.3) is 0 Å².